The van der Waals surface area contributed by atoms with E-state index in [-0.39, 0.29) is 0 Å². The maximum atomic E-state index is 2.41. The largest absolute Gasteiger partial charge is 0.0807 e. The van der Waals surface area contributed by atoms with Crippen LogP contribution in [0.1, 0.15) is 31.2 Å². The standard InChI is InChI=1S/C18H17I/c19-18-12-10-17(11-13-18)16-8-6-15(7-9-16)14-4-2-1-3-5-14/h4,6-13H,1-3,5H2. The maximum absolute atomic E-state index is 2.41. The average Bonchev–Trinajstić information content (AvgIpc) is 2.49. The van der Waals surface area contributed by atoms with Crippen molar-refractivity contribution in [3.05, 3.63) is 63.7 Å². The molecule has 0 N–H and O–H groups in total. The second-order valence-corrected chi connectivity index (χ2v) is 6.31. The minimum absolute atomic E-state index is 1.24. The van der Waals surface area contributed by atoms with Crippen LogP contribution in [0.25, 0.3) is 16.7 Å². The topological polar surface area (TPSA) is 0 Å². The highest BCUT2D eigenvalue weighted by Gasteiger charge is 2.06. The van der Waals surface area contributed by atoms with E-state index in [9.17, 15) is 0 Å². The predicted molar refractivity (Wildman–Crippen MR) is 91.0 cm³/mol. The van der Waals surface area contributed by atoms with E-state index in [4.69, 9.17) is 0 Å². The Morgan fingerprint density at radius 2 is 1.26 bits per heavy atom. The zero-order valence-corrected chi connectivity index (χ0v) is 13.1. The molecule has 1 aliphatic rings. The van der Waals surface area contributed by atoms with Crippen molar-refractivity contribution in [3.63, 3.8) is 0 Å². The van der Waals surface area contributed by atoms with Crippen molar-refractivity contribution in [2.45, 2.75) is 25.7 Å². The first-order chi connectivity index (χ1) is 9.33. The molecule has 0 aromatic heterocycles. The Morgan fingerprint density at radius 1 is 0.684 bits per heavy atom. The van der Waals surface area contributed by atoms with Crippen LogP contribution in [0.3, 0.4) is 0 Å². The molecule has 0 bridgehead atoms. The van der Waals surface area contributed by atoms with Gasteiger partial charge in [-0.2, -0.15) is 0 Å². The Balaban J connectivity index is 1.86. The summed E-state index contributed by atoms with van der Waals surface area (Å²) in [4.78, 5) is 0. The summed E-state index contributed by atoms with van der Waals surface area (Å²) in [6.45, 7) is 0. The molecule has 0 heterocycles. The minimum atomic E-state index is 1.24. The van der Waals surface area contributed by atoms with Crippen molar-refractivity contribution in [2.24, 2.45) is 0 Å². The van der Waals surface area contributed by atoms with Gasteiger partial charge in [0.05, 0.1) is 0 Å². The Morgan fingerprint density at radius 3 is 1.84 bits per heavy atom. The van der Waals surface area contributed by atoms with Crippen LogP contribution in [0.5, 0.6) is 0 Å². The minimum Gasteiger partial charge on any atom is -0.0807 e. The van der Waals surface area contributed by atoms with Gasteiger partial charge >= 0.3 is 0 Å². The van der Waals surface area contributed by atoms with Crippen LogP contribution in [-0.2, 0) is 0 Å². The zero-order valence-electron chi connectivity index (χ0n) is 10.9. The number of hydrogen-bond acceptors (Lipinski definition) is 0. The van der Waals surface area contributed by atoms with E-state index < -0.39 is 0 Å². The zero-order chi connectivity index (χ0) is 13.1. The number of halogens is 1. The molecule has 0 amide bonds. The number of hydrogen-bond donors (Lipinski definition) is 0. The van der Waals surface area contributed by atoms with E-state index in [0.717, 1.165) is 0 Å². The molecule has 1 aliphatic carbocycles. The summed E-state index contributed by atoms with van der Waals surface area (Å²) in [5.41, 5.74) is 5.52. The van der Waals surface area contributed by atoms with Gasteiger partial charge in [0.2, 0.25) is 0 Å². The quantitative estimate of drug-likeness (QED) is 0.584. The van der Waals surface area contributed by atoms with Gasteiger partial charge < -0.3 is 0 Å². The van der Waals surface area contributed by atoms with Gasteiger partial charge in [0, 0.05) is 3.57 Å². The summed E-state index contributed by atoms with van der Waals surface area (Å²) >= 11 is 2.34. The number of benzene rings is 2. The first kappa shape index (κ1) is 12.9. The molecule has 1 heteroatoms. The summed E-state index contributed by atoms with van der Waals surface area (Å²) in [6, 6.07) is 17.7. The van der Waals surface area contributed by atoms with Crippen LogP contribution in [0.15, 0.2) is 54.6 Å². The second kappa shape index (κ2) is 5.91. The normalized spacial score (nSPS) is 15.1. The molecule has 0 atom stereocenters. The lowest BCUT2D eigenvalue weighted by atomic mass is 9.92. The second-order valence-electron chi connectivity index (χ2n) is 5.06. The molecular weight excluding hydrogens is 343 g/mol. The molecule has 0 unspecified atom stereocenters. The molecule has 3 rings (SSSR count). The first-order valence-electron chi connectivity index (χ1n) is 6.88. The van der Waals surface area contributed by atoms with Gasteiger partial charge in [-0.15, -0.1) is 0 Å². The molecule has 0 spiro atoms. The summed E-state index contributed by atoms with van der Waals surface area (Å²) in [6.07, 6.45) is 7.58. The monoisotopic (exact) mass is 360 g/mol. The third-order valence-electron chi connectivity index (χ3n) is 3.72. The molecule has 0 saturated carbocycles. The summed E-state index contributed by atoms with van der Waals surface area (Å²) in [5, 5.41) is 0. The lowest BCUT2D eigenvalue weighted by molar-refractivity contribution is 0.742. The molecule has 0 nitrogen and oxygen atoms in total. The highest BCUT2D eigenvalue weighted by atomic mass is 127. The molecule has 96 valence electrons. The molecule has 0 fully saturated rings. The van der Waals surface area contributed by atoms with Gasteiger partial charge in [0.25, 0.3) is 0 Å². The van der Waals surface area contributed by atoms with Crippen LogP contribution in [0.4, 0.5) is 0 Å². The summed E-state index contributed by atoms with van der Waals surface area (Å²) < 4.78 is 1.28. The molecule has 0 aliphatic heterocycles. The molecule has 0 radical (unpaired) electrons. The Labute approximate surface area is 128 Å². The summed E-state index contributed by atoms with van der Waals surface area (Å²) in [7, 11) is 0. The maximum Gasteiger partial charge on any atom is 0.0130 e. The van der Waals surface area contributed by atoms with Gasteiger partial charge in [-0.05, 0) is 82.7 Å². The highest BCUT2D eigenvalue weighted by molar-refractivity contribution is 14.1. The molecule has 19 heavy (non-hydrogen) atoms. The van der Waals surface area contributed by atoms with Gasteiger partial charge in [-0.1, -0.05) is 42.5 Å². The van der Waals surface area contributed by atoms with Crippen LogP contribution >= 0.6 is 22.6 Å². The Hall–Kier alpha value is -1.09. The third kappa shape index (κ3) is 3.08. The number of rotatable bonds is 2. The SMILES string of the molecule is Ic1ccc(-c2ccc(C3=CCCCC3)cc2)cc1. The average molecular weight is 360 g/mol. The third-order valence-corrected chi connectivity index (χ3v) is 4.44. The molecular formula is C18H17I. The van der Waals surface area contributed by atoms with E-state index in [2.05, 4.69) is 77.2 Å². The van der Waals surface area contributed by atoms with Crippen LogP contribution in [0, 0.1) is 3.57 Å². The van der Waals surface area contributed by atoms with Crippen LogP contribution in [-0.4, -0.2) is 0 Å². The van der Waals surface area contributed by atoms with Crippen molar-refractivity contribution in [1.82, 2.24) is 0 Å². The fourth-order valence-corrected chi connectivity index (χ4v) is 2.98. The van der Waals surface area contributed by atoms with Gasteiger partial charge in [-0.25, -0.2) is 0 Å². The Bertz CT molecular complexity index is 576. The van der Waals surface area contributed by atoms with Crippen molar-refractivity contribution >= 4 is 28.2 Å². The van der Waals surface area contributed by atoms with E-state index in [1.165, 1.54) is 51.5 Å². The van der Waals surface area contributed by atoms with E-state index in [1.54, 1.807) is 0 Å². The number of allylic oxidation sites excluding steroid dienone is 2. The van der Waals surface area contributed by atoms with Crippen molar-refractivity contribution < 1.29 is 0 Å². The summed E-state index contributed by atoms with van der Waals surface area (Å²) in [5.74, 6) is 0. The fourth-order valence-electron chi connectivity index (χ4n) is 2.62. The van der Waals surface area contributed by atoms with Gasteiger partial charge in [0.1, 0.15) is 0 Å². The first-order valence-corrected chi connectivity index (χ1v) is 7.96. The van der Waals surface area contributed by atoms with E-state index in [0.29, 0.717) is 0 Å². The van der Waals surface area contributed by atoms with Crippen molar-refractivity contribution in [1.29, 1.82) is 0 Å². The van der Waals surface area contributed by atoms with Crippen molar-refractivity contribution in [3.8, 4) is 11.1 Å². The van der Waals surface area contributed by atoms with E-state index in [1.807, 2.05) is 0 Å². The molecule has 2 aromatic rings. The fraction of sp³-hybridized carbons (Fsp3) is 0.222. The van der Waals surface area contributed by atoms with Crippen LogP contribution < -0.4 is 0 Å². The lowest BCUT2D eigenvalue weighted by Gasteiger charge is -2.13. The van der Waals surface area contributed by atoms with E-state index >= 15 is 0 Å². The predicted octanol–water partition coefficient (Wildman–Crippen LogP) is 5.92. The smallest absolute Gasteiger partial charge is 0.0130 e. The van der Waals surface area contributed by atoms with Crippen molar-refractivity contribution in [2.75, 3.05) is 0 Å². The van der Waals surface area contributed by atoms with Gasteiger partial charge in [0.15, 0.2) is 0 Å². The lowest BCUT2D eigenvalue weighted by Crippen LogP contribution is -1.91. The molecule has 0 saturated heterocycles. The van der Waals surface area contributed by atoms with Gasteiger partial charge in [-0.3, -0.25) is 0 Å². The highest BCUT2D eigenvalue weighted by Crippen LogP contribution is 2.28. The van der Waals surface area contributed by atoms with Crippen LogP contribution in [0.2, 0.25) is 0 Å². The molecule has 2 aromatic carbocycles. The Kier molecular flexibility index (Phi) is 4.02.